The van der Waals surface area contributed by atoms with E-state index in [1.165, 1.54) is 0 Å². The summed E-state index contributed by atoms with van der Waals surface area (Å²) < 4.78 is 0. The molecular formula is C15H18Cl2N2O. The van der Waals surface area contributed by atoms with E-state index in [0.717, 1.165) is 31.2 Å². The van der Waals surface area contributed by atoms with E-state index in [4.69, 9.17) is 28.9 Å². The number of amides is 1. The number of likely N-dealkylation sites (tertiary alicyclic amines) is 1. The zero-order chi connectivity index (χ0) is 14.3. The van der Waals surface area contributed by atoms with Gasteiger partial charge in [0.15, 0.2) is 0 Å². The fourth-order valence-electron chi connectivity index (χ4n) is 3.07. The van der Waals surface area contributed by atoms with Crippen LogP contribution in [-0.2, 0) is 4.79 Å². The van der Waals surface area contributed by atoms with Gasteiger partial charge >= 0.3 is 0 Å². The van der Waals surface area contributed by atoms with Crippen LogP contribution in [0.2, 0.25) is 10.0 Å². The highest BCUT2D eigenvalue weighted by atomic mass is 35.5. The average Bonchev–Trinajstić information content (AvgIpc) is 3.20. The smallest absolute Gasteiger partial charge is 0.223 e. The minimum absolute atomic E-state index is 0.112. The lowest BCUT2D eigenvalue weighted by Crippen LogP contribution is -2.43. The largest absolute Gasteiger partial charge is 0.331 e. The molecule has 3 rings (SSSR count). The van der Waals surface area contributed by atoms with Gasteiger partial charge in [-0.1, -0.05) is 29.3 Å². The zero-order valence-corrected chi connectivity index (χ0v) is 12.7. The first-order valence-electron chi connectivity index (χ1n) is 7.10. The van der Waals surface area contributed by atoms with Crippen molar-refractivity contribution in [2.45, 2.75) is 50.2 Å². The zero-order valence-electron chi connectivity index (χ0n) is 11.2. The van der Waals surface area contributed by atoms with Crippen LogP contribution in [0.4, 0.5) is 0 Å². The number of carbonyl (C=O) groups is 1. The summed E-state index contributed by atoms with van der Waals surface area (Å²) in [6.07, 6.45) is 4.33. The minimum Gasteiger partial charge on any atom is -0.331 e. The highest BCUT2D eigenvalue weighted by Crippen LogP contribution is 2.43. The van der Waals surface area contributed by atoms with E-state index in [-0.39, 0.29) is 18.0 Å². The highest BCUT2D eigenvalue weighted by Gasteiger charge is 2.42. The molecule has 3 nitrogen and oxygen atoms in total. The summed E-state index contributed by atoms with van der Waals surface area (Å²) in [4.78, 5) is 14.4. The van der Waals surface area contributed by atoms with E-state index in [1.807, 2.05) is 23.1 Å². The Balaban J connectivity index is 2.07. The number of rotatable bonds is 2. The number of benzene rings is 1. The highest BCUT2D eigenvalue weighted by molar-refractivity contribution is 6.36. The van der Waals surface area contributed by atoms with Gasteiger partial charge in [0.1, 0.15) is 0 Å². The van der Waals surface area contributed by atoms with Crippen molar-refractivity contribution in [3.63, 3.8) is 0 Å². The average molecular weight is 313 g/mol. The maximum atomic E-state index is 12.4. The van der Waals surface area contributed by atoms with E-state index in [9.17, 15) is 4.79 Å². The molecule has 108 valence electrons. The van der Waals surface area contributed by atoms with E-state index < -0.39 is 0 Å². The number of nitrogens with two attached hydrogens (primary N) is 1. The molecule has 1 aliphatic heterocycles. The molecule has 1 saturated carbocycles. The van der Waals surface area contributed by atoms with Crippen molar-refractivity contribution >= 4 is 29.1 Å². The van der Waals surface area contributed by atoms with Crippen LogP contribution in [0, 0.1) is 0 Å². The first-order valence-corrected chi connectivity index (χ1v) is 7.86. The number of nitrogens with zero attached hydrogens (tertiary/aromatic N) is 1. The van der Waals surface area contributed by atoms with Gasteiger partial charge in [-0.05, 0) is 37.8 Å². The Hall–Kier alpha value is -0.770. The van der Waals surface area contributed by atoms with Crippen LogP contribution in [0.3, 0.4) is 0 Å². The lowest BCUT2D eigenvalue weighted by molar-refractivity contribution is -0.133. The summed E-state index contributed by atoms with van der Waals surface area (Å²) in [6, 6.07) is 5.45. The van der Waals surface area contributed by atoms with Crippen LogP contribution in [0.5, 0.6) is 0 Å². The normalized spacial score (nSPS) is 27.6. The predicted molar refractivity (Wildman–Crippen MR) is 80.9 cm³/mol. The molecular weight excluding hydrogens is 295 g/mol. The second-order valence-corrected chi connectivity index (χ2v) is 6.48. The molecule has 0 radical (unpaired) electrons. The molecule has 2 aliphatic rings. The van der Waals surface area contributed by atoms with Gasteiger partial charge in [-0.15, -0.1) is 0 Å². The maximum absolute atomic E-state index is 12.4. The molecule has 0 spiro atoms. The molecule has 1 aromatic rings. The van der Waals surface area contributed by atoms with Crippen LogP contribution in [0.25, 0.3) is 0 Å². The number of hydrogen-bond acceptors (Lipinski definition) is 2. The molecule has 0 bridgehead atoms. The van der Waals surface area contributed by atoms with Crippen molar-refractivity contribution < 1.29 is 4.79 Å². The molecule has 2 N–H and O–H groups in total. The Kier molecular flexibility index (Phi) is 3.93. The third-order valence-corrected chi connectivity index (χ3v) is 4.82. The van der Waals surface area contributed by atoms with Gasteiger partial charge in [0, 0.05) is 34.1 Å². The quantitative estimate of drug-likeness (QED) is 0.908. The fraction of sp³-hybridized carbons (Fsp3) is 0.533. The topological polar surface area (TPSA) is 46.3 Å². The van der Waals surface area contributed by atoms with Crippen molar-refractivity contribution in [3.05, 3.63) is 33.8 Å². The Morgan fingerprint density at radius 2 is 1.80 bits per heavy atom. The van der Waals surface area contributed by atoms with Crippen LogP contribution >= 0.6 is 23.2 Å². The summed E-state index contributed by atoms with van der Waals surface area (Å²) in [7, 11) is 0. The van der Waals surface area contributed by atoms with Crippen LogP contribution in [-0.4, -0.2) is 22.9 Å². The lowest BCUT2D eigenvalue weighted by atomic mass is 9.96. The van der Waals surface area contributed by atoms with Gasteiger partial charge in [-0.2, -0.15) is 0 Å². The summed E-state index contributed by atoms with van der Waals surface area (Å²) in [5.74, 6) is 0.182. The van der Waals surface area contributed by atoms with Gasteiger partial charge in [0.25, 0.3) is 0 Å². The van der Waals surface area contributed by atoms with Crippen LogP contribution < -0.4 is 5.73 Å². The molecule has 20 heavy (non-hydrogen) atoms. The van der Waals surface area contributed by atoms with E-state index in [1.54, 1.807) is 0 Å². The molecule has 1 amide bonds. The van der Waals surface area contributed by atoms with Crippen LogP contribution in [0.1, 0.15) is 43.7 Å². The van der Waals surface area contributed by atoms with E-state index >= 15 is 0 Å². The SMILES string of the molecule is NC1CCCC(=O)N(C2CC2)C1c1c(Cl)cccc1Cl. The summed E-state index contributed by atoms with van der Waals surface area (Å²) >= 11 is 12.7. The number of hydrogen-bond donors (Lipinski definition) is 1. The summed E-state index contributed by atoms with van der Waals surface area (Å²) in [5, 5.41) is 1.19. The maximum Gasteiger partial charge on any atom is 0.223 e. The predicted octanol–water partition coefficient (Wildman–Crippen LogP) is 3.54. The molecule has 5 heteroatoms. The Bertz CT molecular complexity index is 510. The summed E-state index contributed by atoms with van der Waals surface area (Å²) in [5.41, 5.74) is 7.17. The second kappa shape index (κ2) is 5.55. The van der Waals surface area contributed by atoms with Gasteiger partial charge in [0.2, 0.25) is 5.91 Å². The fourth-order valence-corrected chi connectivity index (χ4v) is 3.69. The summed E-state index contributed by atoms with van der Waals surface area (Å²) in [6.45, 7) is 0. The van der Waals surface area contributed by atoms with Crippen molar-refractivity contribution in [1.29, 1.82) is 0 Å². The molecule has 1 heterocycles. The lowest BCUT2D eigenvalue weighted by Gasteiger charge is -2.35. The first-order chi connectivity index (χ1) is 9.59. The number of halogens is 2. The van der Waals surface area contributed by atoms with E-state index in [2.05, 4.69) is 0 Å². The van der Waals surface area contributed by atoms with Crippen molar-refractivity contribution in [1.82, 2.24) is 4.90 Å². The molecule has 2 unspecified atom stereocenters. The van der Waals surface area contributed by atoms with Gasteiger partial charge in [0.05, 0.1) is 6.04 Å². The molecule has 1 aliphatic carbocycles. The van der Waals surface area contributed by atoms with Crippen molar-refractivity contribution in [2.75, 3.05) is 0 Å². The van der Waals surface area contributed by atoms with Crippen molar-refractivity contribution in [2.24, 2.45) is 5.73 Å². The number of carbonyl (C=O) groups excluding carboxylic acids is 1. The standard InChI is InChI=1S/C15H18Cl2N2O/c16-10-3-1-4-11(17)14(10)15-12(18)5-2-6-13(20)19(15)9-7-8-9/h1,3-4,9,12,15H,2,5-8,18H2. The third kappa shape index (κ3) is 2.54. The molecule has 2 fully saturated rings. The van der Waals surface area contributed by atoms with Crippen molar-refractivity contribution in [3.8, 4) is 0 Å². The molecule has 1 aromatic carbocycles. The van der Waals surface area contributed by atoms with Gasteiger partial charge in [-0.25, -0.2) is 0 Å². The molecule has 2 atom stereocenters. The Morgan fingerprint density at radius 1 is 1.15 bits per heavy atom. The van der Waals surface area contributed by atoms with Gasteiger partial charge in [-0.3, -0.25) is 4.79 Å². The second-order valence-electron chi connectivity index (χ2n) is 5.67. The first kappa shape index (κ1) is 14.2. The minimum atomic E-state index is -0.196. The monoisotopic (exact) mass is 312 g/mol. The Morgan fingerprint density at radius 3 is 2.40 bits per heavy atom. The molecule has 1 saturated heterocycles. The third-order valence-electron chi connectivity index (χ3n) is 4.16. The Labute approximate surface area is 129 Å². The van der Waals surface area contributed by atoms with Gasteiger partial charge < -0.3 is 10.6 Å². The van der Waals surface area contributed by atoms with Crippen LogP contribution in [0.15, 0.2) is 18.2 Å². The van der Waals surface area contributed by atoms with E-state index in [0.29, 0.717) is 22.5 Å². The molecule has 0 aromatic heterocycles.